The average molecular weight is 173 g/mol. The van der Waals surface area contributed by atoms with Gasteiger partial charge in [0, 0.05) is 13.5 Å². The first-order valence-corrected chi connectivity index (χ1v) is 4.13. The highest BCUT2D eigenvalue weighted by Gasteiger charge is 2.39. The Hall–Kier alpha value is -0.610. The highest BCUT2D eigenvalue weighted by atomic mass is 16.5. The van der Waals surface area contributed by atoms with Crippen molar-refractivity contribution in [2.75, 3.05) is 7.11 Å². The number of carboxylic acid groups (broad SMARTS) is 1. The Labute approximate surface area is 71.7 Å². The zero-order valence-corrected chi connectivity index (χ0v) is 7.25. The van der Waals surface area contributed by atoms with Crippen LogP contribution in [0.5, 0.6) is 0 Å². The van der Waals surface area contributed by atoms with Crippen LogP contribution in [0, 0.1) is 0 Å². The van der Waals surface area contributed by atoms with E-state index in [1.165, 1.54) is 0 Å². The molecule has 4 heteroatoms. The molecule has 0 aliphatic heterocycles. The van der Waals surface area contributed by atoms with Gasteiger partial charge < -0.3 is 15.6 Å². The van der Waals surface area contributed by atoms with Gasteiger partial charge in [-0.15, -0.1) is 0 Å². The molecular weight excluding hydrogens is 158 g/mol. The Morgan fingerprint density at radius 3 is 2.92 bits per heavy atom. The van der Waals surface area contributed by atoms with Gasteiger partial charge in [0.05, 0.1) is 6.10 Å². The van der Waals surface area contributed by atoms with E-state index in [2.05, 4.69) is 0 Å². The topological polar surface area (TPSA) is 72.5 Å². The summed E-state index contributed by atoms with van der Waals surface area (Å²) in [5.41, 5.74) is 4.63. The smallest absolute Gasteiger partial charge is 0.323 e. The SMILES string of the molecule is CO[C@@H]1CCC[C@@](N)(C(=O)O)C1. The molecule has 0 bridgehead atoms. The van der Waals surface area contributed by atoms with Crippen LogP contribution in [0.1, 0.15) is 25.7 Å². The predicted octanol–water partition coefficient (Wildman–Crippen LogP) is 0.357. The lowest BCUT2D eigenvalue weighted by atomic mass is 9.81. The first kappa shape index (κ1) is 9.48. The highest BCUT2D eigenvalue weighted by molar-refractivity contribution is 5.78. The molecule has 1 aliphatic carbocycles. The molecule has 0 spiro atoms. The summed E-state index contributed by atoms with van der Waals surface area (Å²) in [6.45, 7) is 0. The van der Waals surface area contributed by atoms with Crippen molar-refractivity contribution in [1.82, 2.24) is 0 Å². The lowest BCUT2D eigenvalue weighted by Crippen LogP contribution is -2.52. The second-order valence-corrected chi connectivity index (χ2v) is 3.42. The van der Waals surface area contributed by atoms with Crippen LogP contribution in [-0.4, -0.2) is 29.8 Å². The summed E-state index contributed by atoms with van der Waals surface area (Å²) in [6, 6.07) is 0. The van der Waals surface area contributed by atoms with Gasteiger partial charge in [-0.05, 0) is 19.3 Å². The van der Waals surface area contributed by atoms with Crippen molar-refractivity contribution in [3.05, 3.63) is 0 Å². The van der Waals surface area contributed by atoms with Crippen molar-refractivity contribution in [2.45, 2.75) is 37.3 Å². The number of methoxy groups -OCH3 is 1. The summed E-state index contributed by atoms with van der Waals surface area (Å²) in [7, 11) is 1.60. The molecule has 1 rings (SSSR count). The van der Waals surface area contributed by atoms with Gasteiger partial charge in [-0.1, -0.05) is 0 Å². The number of nitrogens with two attached hydrogens (primary N) is 1. The first-order valence-electron chi connectivity index (χ1n) is 4.13. The number of aliphatic carboxylic acids is 1. The monoisotopic (exact) mass is 173 g/mol. The van der Waals surface area contributed by atoms with E-state index < -0.39 is 11.5 Å². The van der Waals surface area contributed by atoms with Crippen molar-refractivity contribution in [1.29, 1.82) is 0 Å². The zero-order chi connectivity index (χ0) is 9.19. The fourth-order valence-electron chi connectivity index (χ4n) is 1.65. The molecule has 0 radical (unpaired) electrons. The molecule has 2 atom stereocenters. The van der Waals surface area contributed by atoms with Crippen LogP contribution in [-0.2, 0) is 9.53 Å². The molecule has 0 aromatic heterocycles. The largest absolute Gasteiger partial charge is 0.480 e. The van der Waals surface area contributed by atoms with E-state index in [-0.39, 0.29) is 6.10 Å². The maximum atomic E-state index is 10.8. The van der Waals surface area contributed by atoms with Gasteiger partial charge in [0.25, 0.3) is 0 Å². The van der Waals surface area contributed by atoms with Gasteiger partial charge in [-0.25, -0.2) is 0 Å². The molecule has 0 saturated heterocycles. The van der Waals surface area contributed by atoms with Crippen LogP contribution >= 0.6 is 0 Å². The van der Waals surface area contributed by atoms with Gasteiger partial charge in [0.1, 0.15) is 5.54 Å². The Bertz CT molecular complexity index is 183. The highest BCUT2D eigenvalue weighted by Crippen LogP contribution is 2.27. The second-order valence-electron chi connectivity index (χ2n) is 3.42. The van der Waals surface area contributed by atoms with Crippen molar-refractivity contribution in [3.8, 4) is 0 Å². The number of carboxylic acids is 1. The summed E-state index contributed by atoms with van der Waals surface area (Å²) >= 11 is 0. The van der Waals surface area contributed by atoms with E-state index in [0.29, 0.717) is 12.8 Å². The molecule has 1 saturated carbocycles. The maximum absolute atomic E-state index is 10.8. The molecule has 3 N–H and O–H groups in total. The van der Waals surface area contributed by atoms with Crippen LogP contribution < -0.4 is 5.73 Å². The molecule has 0 aromatic rings. The Morgan fingerprint density at radius 1 is 1.75 bits per heavy atom. The van der Waals surface area contributed by atoms with Gasteiger partial charge >= 0.3 is 5.97 Å². The molecule has 0 heterocycles. The van der Waals surface area contributed by atoms with Crippen LogP contribution in [0.15, 0.2) is 0 Å². The summed E-state index contributed by atoms with van der Waals surface area (Å²) < 4.78 is 5.09. The molecule has 0 amide bonds. The van der Waals surface area contributed by atoms with Gasteiger partial charge in [0.15, 0.2) is 0 Å². The number of hydrogen-bond acceptors (Lipinski definition) is 3. The molecule has 1 aliphatic rings. The van der Waals surface area contributed by atoms with E-state index in [1.807, 2.05) is 0 Å². The third-order valence-corrected chi connectivity index (χ3v) is 2.50. The number of hydrogen-bond donors (Lipinski definition) is 2. The molecule has 70 valence electrons. The fraction of sp³-hybridized carbons (Fsp3) is 0.875. The van der Waals surface area contributed by atoms with Crippen LogP contribution in [0.4, 0.5) is 0 Å². The van der Waals surface area contributed by atoms with E-state index in [9.17, 15) is 4.79 Å². The number of rotatable bonds is 2. The molecule has 4 nitrogen and oxygen atoms in total. The summed E-state index contributed by atoms with van der Waals surface area (Å²) in [4.78, 5) is 10.8. The van der Waals surface area contributed by atoms with Gasteiger partial charge in [-0.3, -0.25) is 4.79 Å². The van der Waals surface area contributed by atoms with E-state index in [4.69, 9.17) is 15.6 Å². The third-order valence-electron chi connectivity index (χ3n) is 2.50. The van der Waals surface area contributed by atoms with Crippen LogP contribution in [0.25, 0.3) is 0 Å². The van der Waals surface area contributed by atoms with Crippen molar-refractivity contribution >= 4 is 5.97 Å². The lowest BCUT2D eigenvalue weighted by molar-refractivity contribution is -0.146. The van der Waals surface area contributed by atoms with Gasteiger partial charge in [0.2, 0.25) is 0 Å². The number of ether oxygens (including phenoxy) is 1. The molecule has 0 aromatic carbocycles. The van der Waals surface area contributed by atoms with Gasteiger partial charge in [-0.2, -0.15) is 0 Å². The first-order chi connectivity index (χ1) is 5.58. The molecule has 12 heavy (non-hydrogen) atoms. The normalized spacial score (nSPS) is 36.3. The average Bonchev–Trinajstić information content (AvgIpc) is 2.04. The Morgan fingerprint density at radius 2 is 2.42 bits per heavy atom. The minimum Gasteiger partial charge on any atom is -0.480 e. The molecule has 1 fully saturated rings. The fourth-order valence-corrected chi connectivity index (χ4v) is 1.65. The predicted molar refractivity (Wildman–Crippen MR) is 43.8 cm³/mol. The van der Waals surface area contributed by atoms with Crippen LogP contribution in [0.3, 0.4) is 0 Å². The summed E-state index contributed by atoms with van der Waals surface area (Å²) in [5.74, 6) is -0.913. The lowest BCUT2D eigenvalue weighted by Gasteiger charge is -2.33. The van der Waals surface area contributed by atoms with Crippen molar-refractivity contribution in [2.24, 2.45) is 5.73 Å². The standard InChI is InChI=1S/C8H15NO3/c1-12-6-3-2-4-8(9,5-6)7(10)11/h6H,2-5,9H2,1H3,(H,10,11)/t6-,8+/m1/s1. The quantitative estimate of drug-likeness (QED) is 0.632. The zero-order valence-electron chi connectivity index (χ0n) is 7.25. The summed E-state index contributed by atoms with van der Waals surface area (Å²) in [5, 5.41) is 8.83. The Balaban J connectivity index is 2.61. The molecule has 0 unspecified atom stereocenters. The van der Waals surface area contributed by atoms with E-state index in [1.54, 1.807) is 7.11 Å². The van der Waals surface area contributed by atoms with E-state index >= 15 is 0 Å². The van der Waals surface area contributed by atoms with Crippen LogP contribution in [0.2, 0.25) is 0 Å². The minimum atomic E-state index is -1.06. The minimum absolute atomic E-state index is 0.0137. The summed E-state index contributed by atoms with van der Waals surface area (Å²) in [6.07, 6.45) is 2.75. The Kier molecular flexibility index (Phi) is 2.69. The number of carbonyl (C=O) groups is 1. The maximum Gasteiger partial charge on any atom is 0.323 e. The second kappa shape index (κ2) is 3.41. The van der Waals surface area contributed by atoms with Crippen molar-refractivity contribution < 1.29 is 14.6 Å². The van der Waals surface area contributed by atoms with Crippen molar-refractivity contribution in [3.63, 3.8) is 0 Å². The third kappa shape index (κ3) is 1.76. The molecular formula is C8H15NO3. The van der Waals surface area contributed by atoms with E-state index in [0.717, 1.165) is 12.8 Å².